The molecule has 1 aromatic heterocycles. The number of thioether (sulfide) groups is 1. The van der Waals surface area contributed by atoms with Gasteiger partial charge in [-0.05, 0) is 44.4 Å². The van der Waals surface area contributed by atoms with Crippen molar-refractivity contribution in [2.75, 3.05) is 5.32 Å². The van der Waals surface area contributed by atoms with Gasteiger partial charge in [0.15, 0.2) is 0 Å². The highest BCUT2D eigenvalue weighted by molar-refractivity contribution is 8.00. The van der Waals surface area contributed by atoms with Gasteiger partial charge < -0.3 is 9.73 Å². The highest BCUT2D eigenvalue weighted by Gasteiger charge is 2.30. The lowest BCUT2D eigenvalue weighted by molar-refractivity contribution is -0.115. The number of carbonyl (C=O) groups excluding carboxylic acids is 1. The molecule has 1 amide bonds. The Morgan fingerprint density at radius 1 is 1.45 bits per heavy atom. The number of hydrogen-bond donors (Lipinski definition) is 1. The summed E-state index contributed by atoms with van der Waals surface area (Å²) in [5.41, 5.74) is 1.68. The molecule has 0 spiro atoms. The number of hydrogen-bond acceptors (Lipinski definition) is 5. The maximum absolute atomic E-state index is 12.3. The van der Waals surface area contributed by atoms with Gasteiger partial charge in [0.25, 0.3) is 5.22 Å². The zero-order chi connectivity index (χ0) is 15.7. The van der Waals surface area contributed by atoms with Crippen LogP contribution < -0.4 is 5.32 Å². The topological polar surface area (TPSA) is 68.0 Å². The Morgan fingerprint density at radius 3 is 2.95 bits per heavy atom. The van der Waals surface area contributed by atoms with Crippen molar-refractivity contribution in [3.05, 3.63) is 34.7 Å². The van der Waals surface area contributed by atoms with Gasteiger partial charge in [-0.2, -0.15) is 0 Å². The molecular weight excluding hydrogens is 322 g/mol. The van der Waals surface area contributed by atoms with Crippen LogP contribution in [0.2, 0.25) is 5.02 Å². The van der Waals surface area contributed by atoms with E-state index in [0.717, 1.165) is 18.4 Å². The third-order valence-electron chi connectivity index (χ3n) is 3.45. The molecular formula is C15H16ClN3O2S. The summed E-state index contributed by atoms with van der Waals surface area (Å²) in [4.78, 5) is 12.3. The standard InChI is InChI=1S/C15H16ClN3O2S/c1-8-3-6-11(16)7-12(8)17-13(20)9(2)22-15-19-18-14(21-15)10-4-5-10/h3,6-7,9-10H,4-5H2,1-2H3,(H,17,20)/t9-/m0/s1. The number of aromatic nitrogens is 2. The molecule has 0 radical (unpaired) electrons. The molecule has 0 aliphatic heterocycles. The Balaban J connectivity index is 1.62. The van der Waals surface area contributed by atoms with Crippen LogP contribution in [0.3, 0.4) is 0 Å². The van der Waals surface area contributed by atoms with Gasteiger partial charge in [0.1, 0.15) is 0 Å². The van der Waals surface area contributed by atoms with Crippen molar-refractivity contribution in [1.82, 2.24) is 10.2 Å². The predicted molar refractivity (Wildman–Crippen MR) is 86.4 cm³/mol. The lowest BCUT2D eigenvalue weighted by atomic mass is 10.2. The van der Waals surface area contributed by atoms with E-state index in [2.05, 4.69) is 15.5 Å². The number of aryl methyl sites for hydroxylation is 1. The van der Waals surface area contributed by atoms with Crippen molar-refractivity contribution in [3.63, 3.8) is 0 Å². The summed E-state index contributed by atoms with van der Waals surface area (Å²) in [6.45, 7) is 3.73. The molecule has 5 nitrogen and oxygen atoms in total. The fraction of sp³-hybridized carbons (Fsp3) is 0.400. The minimum Gasteiger partial charge on any atom is -0.416 e. The van der Waals surface area contributed by atoms with Crippen LogP contribution in [0, 0.1) is 6.92 Å². The number of benzene rings is 1. The molecule has 116 valence electrons. The molecule has 0 unspecified atom stereocenters. The van der Waals surface area contributed by atoms with Gasteiger partial charge in [-0.25, -0.2) is 0 Å². The van der Waals surface area contributed by atoms with E-state index in [1.165, 1.54) is 11.8 Å². The Bertz CT molecular complexity index is 700. The number of rotatable bonds is 5. The van der Waals surface area contributed by atoms with E-state index in [0.29, 0.717) is 27.7 Å². The van der Waals surface area contributed by atoms with Gasteiger partial charge in [0.2, 0.25) is 11.8 Å². The largest absolute Gasteiger partial charge is 0.416 e. The van der Waals surface area contributed by atoms with Crippen molar-refractivity contribution in [2.45, 2.75) is 43.1 Å². The average molecular weight is 338 g/mol. The van der Waals surface area contributed by atoms with E-state index in [9.17, 15) is 4.79 Å². The maximum atomic E-state index is 12.3. The minimum atomic E-state index is -0.342. The first-order valence-corrected chi connectivity index (χ1v) is 8.36. The van der Waals surface area contributed by atoms with Gasteiger partial charge in [-0.15, -0.1) is 10.2 Å². The molecule has 1 aromatic carbocycles. The number of halogens is 1. The van der Waals surface area contributed by atoms with Crippen molar-refractivity contribution in [2.24, 2.45) is 0 Å². The summed E-state index contributed by atoms with van der Waals surface area (Å²) in [5.74, 6) is 0.974. The van der Waals surface area contributed by atoms with Crippen LogP contribution in [0.1, 0.15) is 37.1 Å². The van der Waals surface area contributed by atoms with Gasteiger partial charge in [-0.3, -0.25) is 4.79 Å². The summed E-state index contributed by atoms with van der Waals surface area (Å²) in [6, 6.07) is 5.41. The SMILES string of the molecule is Cc1ccc(Cl)cc1NC(=O)[C@H](C)Sc1nnc(C2CC2)o1. The van der Waals surface area contributed by atoms with Gasteiger partial charge in [0.05, 0.1) is 5.25 Å². The number of anilines is 1. The van der Waals surface area contributed by atoms with Crippen LogP contribution in [0.15, 0.2) is 27.8 Å². The molecule has 22 heavy (non-hydrogen) atoms. The molecule has 1 heterocycles. The highest BCUT2D eigenvalue weighted by atomic mass is 35.5. The van der Waals surface area contributed by atoms with E-state index in [1.54, 1.807) is 19.1 Å². The first-order chi connectivity index (χ1) is 10.5. The Kier molecular flexibility index (Phi) is 4.40. The Hall–Kier alpha value is -1.53. The Labute approximate surface area is 137 Å². The fourth-order valence-corrected chi connectivity index (χ4v) is 2.79. The number of nitrogens with one attached hydrogen (secondary N) is 1. The second-order valence-corrected chi connectivity index (χ2v) is 7.12. The van der Waals surface area contributed by atoms with E-state index in [4.69, 9.17) is 16.0 Å². The van der Waals surface area contributed by atoms with Crippen molar-refractivity contribution in [3.8, 4) is 0 Å². The smallest absolute Gasteiger partial charge is 0.277 e. The van der Waals surface area contributed by atoms with Crippen molar-refractivity contribution >= 4 is 35.0 Å². The molecule has 1 aliphatic carbocycles. The number of amides is 1. The molecule has 0 bridgehead atoms. The zero-order valence-electron chi connectivity index (χ0n) is 12.3. The second-order valence-electron chi connectivity index (χ2n) is 5.39. The normalized spacial score (nSPS) is 15.6. The van der Waals surface area contributed by atoms with Crippen molar-refractivity contribution in [1.29, 1.82) is 0 Å². The molecule has 1 aliphatic rings. The average Bonchev–Trinajstić information content (AvgIpc) is 3.23. The molecule has 0 saturated heterocycles. The van der Waals surface area contributed by atoms with Crippen LogP contribution in [-0.2, 0) is 4.79 Å². The van der Waals surface area contributed by atoms with Crippen molar-refractivity contribution < 1.29 is 9.21 Å². The van der Waals surface area contributed by atoms with Gasteiger partial charge in [0, 0.05) is 16.6 Å². The van der Waals surface area contributed by atoms with Gasteiger partial charge >= 0.3 is 0 Å². The monoisotopic (exact) mass is 337 g/mol. The zero-order valence-corrected chi connectivity index (χ0v) is 13.9. The summed E-state index contributed by atoms with van der Waals surface area (Å²) in [6.07, 6.45) is 2.22. The minimum absolute atomic E-state index is 0.124. The second kappa shape index (κ2) is 6.30. The number of carbonyl (C=O) groups is 1. The third-order valence-corrected chi connectivity index (χ3v) is 4.62. The van der Waals surface area contributed by atoms with Gasteiger partial charge in [-0.1, -0.05) is 29.4 Å². The molecule has 7 heteroatoms. The predicted octanol–water partition coefficient (Wildman–Crippen LogP) is 4.03. The van der Waals surface area contributed by atoms with E-state index >= 15 is 0 Å². The molecule has 3 rings (SSSR count). The highest BCUT2D eigenvalue weighted by Crippen LogP contribution is 2.40. The van der Waals surface area contributed by atoms with E-state index < -0.39 is 0 Å². The first-order valence-electron chi connectivity index (χ1n) is 7.10. The van der Waals surface area contributed by atoms with Crippen LogP contribution in [0.4, 0.5) is 5.69 Å². The van der Waals surface area contributed by atoms with Crippen LogP contribution in [-0.4, -0.2) is 21.4 Å². The lowest BCUT2D eigenvalue weighted by Gasteiger charge is -2.12. The molecule has 1 fully saturated rings. The van der Waals surface area contributed by atoms with E-state index in [1.807, 2.05) is 13.0 Å². The first kappa shape index (κ1) is 15.4. The van der Waals surface area contributed by atoms with Crippen LogP contribution >= 0.6 is 23.4 Å². The van der Waals surface area contributed by atoms with Crippen LogP contribution in [0.5, 0.6) is 0 Å². The Morgan fingerprint density at radius 2 is 2.23 bits per heavy atom. The third kappa shape index (κ3) is 3.62. The lowest BCUT2D eigenvalue weighted by Crippen LogP contribution is -2.22. The summed E-state index contributed by atoms with van der Waals surface area (Å²) < 4.78 is 5.56. The maximum Gasteiger partial charge on any atom is 0.277 e. The van der Waals surface area contributed by atoms with E-state index in [-0.39, 0.29) is 11.2 Å². The quantitative estimate of drug-likeness (QED) is 0.834. The summed E-state index contributed by atoms with van der Waals surface area (Å²) in [5, 5.41) is 11.6. The fourth-order valence-electron chi connectivity index (χ4n) is 1.93. The molecule has 1 N–H and O–H groups in total. The van der Waals surface area contributed by atoms with Crippen LogP contribution in [0.25, 0.3) is 0 Å². The molecule has 1 atom stereocenters. The summed E-state index contributed by atoms with van der Waals surface area (Å²) in [7, 11) is 0. The summed E-state index contributed by atoms with van der Waals surface area (Å²) >= 11 is 7.22. The molecule has 1 saturated carbocycles. The number of nitrogens with zero attached hydrogens (tertiary/aromatic N) is 2. The molecule has 2 aromatic rings.